The number of Topliss-reactive ketones (excluding diaryl/α,β-unsaturated/α-hetero) is 1. The summed E-state index contributed by atoms with van der Waals surface area (Å²) in [6.45, 7) is 7.22. The fourth-order valence-corrected chi connectivity index (χ4v) is 5.70. The number of aliphatic hydroxyl groups is 4. The van der Waals surface area contributed by atoms with Crippen LogP contribution in [0.5, 0.6) is 0 Å². The summed E-state index contributed by atoms with van der Waals surface area (Å²) in [5.41, 5.74) is 0.824. The molecule has 168 valence electrons. The Morgan fingerprint density at radius 2 is 1.73 bits per heavy atom. The minimum absolute atomic E-state index is 0.110. The molecule has 0 aromatic carbocycles. The predicted molar refractivity (Wildman–Crippen MR) is 101 cm³/mol. The highest BCUT2D eigenvalue weighted by atomic mass is 16.7. The van der Waals surface area contributed by atoms with Gasteiger partial charge in [0.15, 0.2) is 6.29 Å². The first kappa shape index (κ1) is 21.9. The summed E-state index contributed by atoms with van der Waals surface area (Å²) in [6.07, 6.45) is -7.40. The molecule has 0 aromatic heterocycles. The maximum Gasteiger partial charge on any atom is 0.309 e. The number of aliphatic hydroxyl groups excluding tert-OH is 4. The largest absolute Gasteiger partial charge is 0.461 e. The summed E-state index contributed by atoms with van der Waals surface area (Å²) in [4.78, 5) is 24.8. The van der Waals surface area contributed by atoms with Gasteiger partial charge in [0.1, 0.15) is 36.3 Å². The van der Waals surface area contributed by atoms with E-state index in [1.807, 2.05) is 6.92 Å². The molecule has 0 bridgehead atoms. The maximum atomic E-state index is 12.4. The number of fused-ring (bicyclic) bond motifs is 3. The van der Waals surface area contributed by atoms with Gasteiger partial charge in [0, 0.05) is 24.2 Å². The first-order chi connectivity index (χ1) is 14.1. The van der Waals surface area contributed by atoms with Crippen LogP contribution in [0.4, 0.5) is 0 Å². The highest BCUT2D eigenvalue weighted by Gasteiger charge is 2.59. The van der Waals surface area contributed by atoms with Gasteiger partial charge in [-0.25, -0.2) is 0 Å². The van der Waals surface area contributed by atoms with Crippen molar-refractivity contribution in [3.63, 3.8) is 0 Å². The topological polar surface area (TPSA) is 143 Å². The summed E-state index contributed by atoms with van der Waals surface area (Å²) in [5.74, 6) is -1.64. The lowest BCUT2D eigenvalue weighted by molar-refractivity contribution is -0.316. The van der Waals surface area contributed by atoms with E-state index >= 15 is 0 Å². The van der Waals surface area contributed by atoms with Gasteiger partial charge in [-0.15, -0.1) is 0 Å². The zero-order valence-electron chi connectivity index (χ0n) is 17.1. The molecule has 4 fully saturated rings. The van der Waals surface area contributed by atoms with E-state index in [0.29, 0.717) is 12.8 Å². The van der Waals surface area contributed by atoms with Gasteiger partial charge in [-0.05, 0) is 12.3 Å². The van der Waals surface area contributed by atoms with Gasteiger partial charge in [-0.1, -0.05) is 26.0 Å². The van der Waals surface area contributed by atoms with Crippen molar-refractivity contribution in [2.24, 2.45) is 29.6 Å². The Kier molecular flexibility index (Phi) is 5.80. The van der Waals surface area contributed by atoms with E-state index in [0.717, 1.165) is 5.57 Å². The van der Waals surface area contributed by atoms with Gasteiger partial charge >= 0.3 is 5.97 Å². The normalized spacial score (nSPS) is 51.3. The van der Waals surface area contributed by atoms with Crippen LogP contribution in [-0.4, -0.2) is 81.7 Å². The molecule has 0 unspecified atom stereocenters. The molecule has 0 radical (unpaired) electrons. The van der Waals surface area contributed by atoms with Crippen molar-refractivity contribution < 1.29 is 44.2 Å². The van der Waals surface area contributed by atoms with Crippen LogP contribution in [0.1, 0.15) is 26.7 Å². The van der Waals surface area contributed by atoms with Crippen LogP contribution in [0.15, 0.2) is 12.2 Å². The lowest BCUT2D eigenvalue weighted by atomic mass is 9.77. The second kappa shape index (κ2) is 7.96. The molecule has 2 saturated heterocycles. The molecule has 9 heteroatoms. The Morgan fingerprint density at radius 1 is 1.03 bits per heavy atom. The van der Waals surface area contributed by atoms with E-state index in [1.54, 1.807) is 6.92 Å². The van der Waals surface area contributed by atoms with Gasteiger partial charge in [-0.3, -0.25) is 9.59 Å². The van der Waals surface area contributed by atoms with Crippen LogP contribution in [0.25, 0.3) is 0 Å². The zero-order chi connectivity index (χ0) is 21.9. The number of carbonyl (C=O) groups excluding carboxylic acids is 2. The fraction of sp³-hybridized carbons (Fsp3) is 0.810. The second-order valence-electron chi connectivity index (χ2n) is 9.14. The lowest BCUT2D eigenvalue weighted by Crippen LogP contribution is -2.60. The van der Waals surface area contributed by atoms with Crippen molar-refractivity contribution >= 4 is 11.8 Å². The number of carbonyl (C=O) groups is 2. The van der Waals surface area contributed by atoms with Gasteiger partial charge < -0.3 is 34.6 Å². The summed E-state index contributed by atoms with van der Waals surface area (Å²) < 4.78 is 17.3. The van der Waals surface area contributed by atoms with Crippen molar-refractivity contribution in [1.29, 1.82) is 0 Å². The van der Waals surface area contributed by atoms with Crippen molar-refractivity contribution in [3.05, 3.63) is 12.2 Å². The summed E-state index contributed by atoms with van der Waals surface area (Å²) in [5, 5.41) is 39.9. The monoisotopic (exact) mass is 426 g/mol. The number of hydrogen-bond acceptors (Lipinski definition) is 9. The molecule has 2 aliphatic heterocycles. The number of esters is 1. The Balaban J connectivity index is 1.62. The van der Waals surface area contributed by atoms with Crippen LogP contribution in [0, 0.1) is 29.6 Å². The summed E-state index contributed by atoms with van der Waals surface area (Å²) in [6, 6.07) is 0. The Bertz CT molecular complexity index is 721. The number of rotatable bonds is 3. The maximum absolute atomic E-state index is 12.4. The van der Waals surface area contributed by atoms with Crippen LogP contribution in [0.3, 0.4) is 0 Å². The van der Waals surface area contributed by atoms with Crippen molar-refractivity contribution in [1.82, 2.24) is 0 Å². The average Bonchev–Trinajstić information content (AvgIpc) is 3.13. The van der Waals surface area contributed by atoms with E-state index in [4.69, 9.17) is 14.2 Å². The molecular weight excluding hydrogens is 396 g/mol. The van der Waals surface area contributed by atoms with Crippen molar-refractivity contribution in [2.45, 2.75) is 69.6 Å². The molecular formula is C21H30O9. The Hall–Kier alpha value is -1.36. The molecule has 0 amide bonds. The van der Waals surface area contributed by atoms with Crippen LogP contribution < -0.4 is 0 Å². The van der Waals surface area contributed by atoms with Gasteiger partial charge in [0.25, 0.3) is 0 Å². The minimum atomic E-state index is -1.55. The third-order valence-electron chi connectivity index (χ3n) is 7.51. The number of hydrogen-bond donors (Lipinski definition) is 4. The first-order valence-electron chi connectivity index (χ1n) is 10.5. The Morgan fingerprint density at radius 3 is 2.40 bits per heavy atom. The van der Waals surface area contributed by atoms with Crippen LogP contribution in [-0.2, 0) is 23.8 Å². The fourth-order valence-electron chi connectivity index (χ4n) is 5.70. The molecule has 12 atom stereocenters. The van der Waals surface area contributed by atoms with E-state index < -0.39 is 55.4 Å². The molecule has 30 heavy (non-hydrogen) atoms. The minimum Gasteiger partial charge on any atom is -0.461 e. The van der Waals surface area contributed by atoms with E-state index in [9.17, 15) is 30.0 Å². The van der Waals surface area contributed by atoms with E-state index in [2.05, 4.69) is 6.58 Å². The molecule has 0 aromatic rings. The van der Waals surface area contributed by atoms with E-state index in [1.165, 1.54) is 0 Å². The molecule has 4 rings (SSSR count). The molecule has 2 aliphatic carbocycles. The third-order valence-corrected chi connectivity index (χ3v) is 7.51. The van der Waals surface area contributed by atoms with E-state index in [-0.39, 0.29) is 35.4 Å². The second-order valence-corrected chi connectivity index (χ2v) is 9.14. The number of ketones is 1. The molecule has 4 aliphatic rings. The smallest absolute Gasteiger partial charge is 0.309 e. The SMILES string of the molecule is C=C1C[C@H](O[C@@H]2O[C@H](CO)[C@@H](O)[C@H](O)[C@H]2O)[C@@H]2[C@H](OC(=O)[C@H]2C)[C@H]2[C@H](C)C(=O)C[C@@H]12. The standard InChI is InChI=1S/C21H30O9/c1-7-4-12(28-21-18(26)17(25)16(24)13(6-22)29-21)15-9(3)20(27)30-19(15)14-8(2)11(23)5-10(7)14/h8-10,12-19,21-22,24-26H,1,4-6H2,2-3H3/t8-,9+,10+,12+,13-,14+,15-,16-,17+,18-,19-,21-/m1/s1. The lowest BCUT2D eigenvalue weighted by Gasteiger charge is -2.42. The first-order valence-corrected chi connectivity index (χ1v) is 10.5. The highest BCUT2D eigenvalue weighted by Crippen LogP contribution is 2.52. The number of ether oxygens (including phenoxy) is 3. The molecule has 2 heterocycles. The average molecular weight is 426 g/mol. The van der Waals surface area contributed by atoms with Crippen molar-refractivity contribution in [3.8, 4) is 0 Å². The van der Waals surface area contributed by atoms with Gasteiger partial charge in [0.2, 0.25) is 0 Å². The zero-order valence-corrected chi connectivity index (χ0v) is 17.1. The molecule has 9 nitrogen and oxygen atoms in total. The molecule has 4 N–H and O–H groups in total. The summed E-state index contributed by atoms with van der Waals surface area (Å²) in [7, 11) is 0. The molecule has 2 saturated carbocycles. The van der Waals surface area contributed by atoms with Crippen LogP contribution >= 0.6 is 0 Å². The van der Waals surface area contributed by atoms with Crippen LogP contribution in [0.2, 0.25) is 0 Å². The quantitative estimate of drug-likeness (QED) is 0.335. The summed E-state index contributed by atoms with van der Waals surface area (Å²) >= 11 is 0. The van der Waals surface area contributed by atoms with Gasteiger partial charge in [-0.2, -0.15) is 0 Å². The highest BCUT2D eigenvalue weighted by molar-refractivity contribution is 5.84. The van der Waals surface area contributed by atoms with Gasteiger partial charge in [0.05, 0.1) is 18.6 Å². The Labute approximate surface area is 174 Å². The van der Waals surface area contributed by atoms with Crippen molar-refractivity contribution in [2.75, 3.05) is 6.61 Å². The molecule has 0 spiro atoms. The predicted octanol–water partition coefficient (Wildman–Crippen LogP) is -0.850. The third kappa shape index (κ3) is 3.32.